The summed E-state index contributed by atoms with van der Waals surface area (Å²) in [6.07, 6.45) is 2.53. The molecular weight excluding hydrogens is 432 g/mol. The number of hydrogen-bond acceptors (Lipinski definition) is 5. The summed E-state index contributed by atoms with van der Waals surface area (Å²) in [5, 5.41) is 12.4. The summed E-state index contributed by atoms with van der Waals surface area (Å²) in [4.78, 5) is 41.6. The molecule has 34 heavy (non-hydrogen) atoms. The lowest BCUT2D eigenvalue weighted by Gasteiger charge is -2.35. The van der Waals surface area contributed by atoms with Crippen LogP contribution in [0.5, 0.6) is 0 Å². The molecule has 4 rings (SSSR count). The minimum Gasteiger partial charge on any atom is -0.478 e. The molecular formula is C27H28N2O5. The molecule has 1 aliphatic rings. The van der Waals surface area contributed by atoms with Gasteiger partial charge in [-0.1, -0.05) is 45.0 Å². The number of para-hydroxylation sites is 1. The summed E-state index contributed by atoms with van der Waals surface area (Å²) in [5.41, 5.74) is 3.51. The molecule has 2 N–H and O–H groups in total. The lowest BCUT2D eigenvalue weighted by molar-refractivity contribution is -0.119. The summed E-state index contributed by atoms with van der Waals surface area (Å²) in [6, 6.07) is 13.4. The molecule has 1 aromatic heterocycles. The van der Waals surface area contributed by atoms with Crippen LogP contribution >= 0.6 is 0 Å². The third-order valence-electron chi connectivity index (χ3n) is 6.42. The highest BCUT2D eigenvalue weighted by atomic mass is 16.5. The second-order valence-electron chi connectivity index (χ2n) is 9.75. The summed E-state index contributed by atoms with van der Waals surface area (Å²) < 4.78 is 5.44. The maximum Gasteiger partial charge on any atom is 0.339 e. The Bertz CT molecular complexity index is 1280. The molecule has 0 saturated carbocycles. The van der Waals surface area contributed by atoms with Crippen molar-refractivity contribution < 1.29 is 24.2 Å². The van der Waals surface area contributed by atoms with Crippen LogP contribution in [0, 0.1) is 11.3 Å². The number of pyridine rings is 1. The van der Waals surface area contributed by atoms with Gasteiger partial charge in [-0.25, -0.2) is 9.59 Å². The first-order chi connectivity index (χ1) is 16.1. The van der Waals surface area contributed by atoms with E-state index in [1.807, 2.05) is 24.3 Å². The fraction of sp³-hybridized carbons (Fsp3) is 0.333. The second-order valence-corrected chi connectivity index (χ2v) is 9.75. The fourth-order valence-corrected chi connectivity index (χ4v) is 4.49. The van der Waals surface area contributed by atoms with Gasteiger partial charge in [0.05, 0.1) is 16.6 Å². The first-order valence-corrected chi connectivity index (χ1v) is 11.3. The van der Waals surface area contributed by atoms with Gasteiger partial charge in [0.2, 0.25) is 0 Å². The first-order valence-electron chi connectivity index (χ1n) is 11.3. The minimum absolute atomic E-state index is 0.0538. The smallest absolute Gasteiger partial charge is 0.339 e. The zero-order valence-electron chi connectivity index (χ0n) is 19.6. The van der Waals surface area contributed by atoms with Gasteiger partial charge in [0.1, 0.15) is 0 Å². The lowest BCUT2D eigenvalue weighted by Crippen LogP contribution is -2.29. The van der Waals surface area contributed by atoms with Gasteiger partial charge in [-0.2, -0.15) is 0 Å². The number of nitrogens with one attached hydrogen (secondary N) is 1. The third-order valence-corrected chi connectivity index (χ3v) is 6.42. The van der Waals surface area contributed by atoms with Gasteiger partial charge in [0, 0.05) is 16.8 Å². The van der Waals surface area contributed by atoms with Gasteiger partial charge in [-0.3, -0.25) is 9.78 Å². The zero-order valence-corrected chi connectivity index (χ0v) is 19.6. The van der Waals surface area contributed by atoms with Crippen LogP contribution in [-0.2, 0) is 22.4 Å². The van der Waals surface area contributed by atoms with Gasteiger partial charge in [0.25, 0.3) is 5.91 Å². The molecule has 0 saturated heterocycles. The number of benzene rings is 2. The van der Waals surface area contributed by atoms with E-state index in [0.29, 0.717) is 17.2 Å². The van der Waals surface area contributed by atoms with Crippen molar-refractivity contribution in [3.63, 3.8) is 0 Å². The van der Waals surface area contributed by atoms with Crippen LogP contribution in [0.2, 0.25) is 0 Å². The van der Waals surface area contributed by atoms with Crippen LogP contribution in [0.1, 0.15) is 59.2 Å². The quantitative estimate of drug-likeness (QED) is 0.526. The Morgan fingerprint density at radius 3 is 2.62 bits per heavy atom. The number of amides is 1. The monoisotopic (exact) mass is 460 g/mol. The number of aromatic nitrogens is 1. The molecule has 0 fully saturated rings. The molecule has 1 heterocycles. The number of hydrogen-bond donors (Lipinski definition) is 2. The number of carboxylic acid groups (broad SMARTS) is 1. The third kappa shape index (κ3) is 4.93. The number of nitrogens with zero attached hydrogens (tertiary/aromatic N) is 1. The number of anilines is 1. The largest absolute Gasteiger partial charge is 0.478 e. The molecule has 1 aliphatic carbocycles. The average molecular weight is 461 g/mol. The Hall–Kier alpha value is -3.74. The van der Waals surface area contributed by atoms with E-state index in [0.717, 1.165) is 41.4 Å². The number of carbonyl (C=O) groups is 3. The average Bonchev–Trinajstić information content (AvgIpc) is 2.80. The van der Waals surface area contributed by atoms with Gasteiger partial charge in [0.15, 0.2) is 6.61 Å². The minimum atomic E-state index is -1.09. The molecule has 0 aliphatic heterocycles. The maximum atomic E-state index is 13.3. The predicted molar refractivity (Wildman–Crippen MR) is 129 cm³/mol. The number of carboxylic acids is 1. The van der Waals surface area contributed by atoms with E-state index >= 15 is 0 Å². The molecule has 7 nitrogen and oxygen atoms in total. The number of aromatic carboxylic acids is 1. The molecule has 1 unspecified atom stereocenters. The van der Waals surface area contributed by atoms with Crippen LogP contribution in [0.25, 0.3) is 10.9 Å². The van der Waals surface area contributed by atoms with E-state index in [9.17, 15) is 14.4 Å². The Morgan fingerprint density at radius 2 is 1.88 bits per heavy atom. The van der Waals surface area contributed by atoms with Crippen molar-refractivity contribution in [2.45, 2.75) is 40.0 Å². The summed E-state index contributed by atoms with van der Waals surface area (Å²) in [6.45, 7) is 6.14. The van der Waals surface area contributed by atoms with E-state index < -0.39 is 24.5 Å². The highest BCUT2D eigenvalue weighted by Gasteiger charge is 2.33. The number of fused-ring (bicyclic) bond motifs is 2. The van der Waals surface area contributed by atoms with Gasteiger partial charge >= 0.3 is 11.9 Å². The normalized spacial score (nSPS) is 15.4. The first kappa shape index (κ1) is 23.4. The van der Waals surface area contributed by atoms with Crippen molar-refractivity contribution >= 4 is 34.4 Å². The fourth-order valence-electron chi connectivity index (χ4n) is 4.49. The van der Waals surface area contributed by atoms with Crippen molar-refractivity contribution in [3.05, 3.63) is 70.9 Å². The molecule has 0 radical (unpaired) electrons. The molecule has 0 bridgehead atoms. The van der Waals surface area contributed by atoms with Gasteiger partial charge in [-0.15, -0.1) is 0 Å². The van der Waals surface area contributed by atoms with Crippen LogP contribution in [0.3, 0.4) is 0 Å². The highest BCUT2D eigenvalue weighted by Crippen LogP contribution is 2.39. The zero-order chi connectivity index (χ0) is 24.5. The van der Waals surface area contributed by atoms with E-state index in [-0.39, 0.29) is 11.0 Å². The second kappa shape index (κ2) is 9.25. The van der Waals surface area contributed by atoms with Crippen LogP contribution in [0.4, 0.5) is 5.69 Å². The van der Waals surface area contributed by atoms with E-state index in [2.05, 4.69) is 26.1 Å². The molecule has 0 spiro atoms. The van der Waals surface area contributed by atoms with Gasteiger partial charge < -0.3 is 15.2 Å². The van der Waals surface area contributed by atoms with Crippen LogP contribution in [0.15, 0.2) is 48.5 Å². The van der Waals surface area contributed by atoms with Crippen LogP contribution in [-0.4, -0.2) is 34.5 Å². The Kier molecular flexibility index (Phi) is 6.37. The molecule has 2 aromatic carbocycles. The number of esters is 1. The molecule has 176 valence electrons. The Balaban J connectivity index is 1.57. The molecule has 3 aromatic rings. The van der Waals surface area contributed by atoms with Crippen molar-refractivity contribution in [1.82, 2.24) is 4.98 Å². The van der Waals surface area contributed by atoms with Crippen molar-refractivity contribution in [2.75, 3.05) is 11.9 Å². The van der Waals surface area contributed by atoms with Crippen LogP contribution < -0.4 is 5.32 Å². The lowest BCUT2D eigenvalue weighted by atomic mass is 9.70. The Morgan fingerprint density at radius 1 is 1.12 bits per heavy atom. The predicted octanol–water partition coefficient (Wildman–Crippen LogP) is 4.88. The highest BCUT2D eigenvalue weighted by molar-refractivity contribution is 6.06. The topological polar surface area (TPSA) is 106 Å². The molecule has 1 amide bonds. The van der Waals surface area contributed by atoms with Gasteiger partial charge in [-0.05, 0) is 60.4 Å². The van der Waals surface area contributed by atoms with E-state index in [1.54, 1.807) is 6.07 Å². The SMILES string of the molecule is CC(C)(C)C1CCc2nc3ccccc3c(C(=O)OCC(=O)Nc3cccc(C(=O)O)c3)c2C1. The maximum absolute atomic E-state index is 13.3. The number of rotatable bonds is 5. The van der Waals surface area contributed by atoms with E-state index in [4.69, 9.17) is 14.8 Å². The summed E-state index contributed by atoms with van der Waals surface area (Å²) in [5.74, 6) is -1.79. The molecule has 7 heteroatoms. The summed E-state index contributed by atoms with van der Waals surface area (Å²) in [7, 11) is 0. The summed E-state index contributed by atoms with van der Waals surface area (Å²) >= 11 is 0. The number of carbonyl (C=O) groups excluding carboxylic acids is 2. The standard InChI is InChI=1S/C27H28N2O5/c1-27(2,3)17-11-12-22-20(14-17)24(19-9-4-5-10-21(19)29-22)26(33)34-15-23(30)28-18-8-6-7-16(13-18)25(31)32/h4-10,13,17H,11-12,14-15H2,1-3H3,(H,28,30)(H,31,32). The van der Waals surface area contributed by atoms with E-state index in [1.165, 1.54) is 18.2 Å². The number of aryl methyl sites for hydroxylation is 1. The Labute approximate surface area is 198 Å². The van der Waals surface area contributed by atoms with Crippen molar-refractivity contribution in [2.24, 2.45) is 11.3 Å². The molecule has 1 atom stereocenters. The number of ether oxygens (including phenoxy) is 1. The van der Waals surface area contributed by atoms with Crippen molar-refractivity contribution in [3.8, 4) is 0 Å². The van der Waals surface area contributed by atoms with Crippen molar-refractivity contribution in [1.29, 1.82) is 0 Å².